The van der Waals surface area contributed by atoms with Crippen molar-refractivity contribution in [2.24, 2.45) is 5.92 Å². The molecule has 2 aliphatic rings. The standard InChI is InChI=1S/C17H23N3/c1-19-17(12-18,15-9-10-15)13-20-11-5-4-7-14-6-2-3-8-16(14)20/h2-3,6,8,15,19H,4-5,7,9-11,13H2,1H3. The monoisotopic (exact) mass is 269 g/mol. The number of para-hydroxylation sites is 1. The predicted octanol–water partition coefficient (Wildman–Crippen LogP) is 2.72. The molecule has 1 aromatic carbocycles. The van der Waals surface area contributed by atoms with Gasteiger partial charge in [0.15, 0.2) is 0 Å². The van der Waals surface area contributed by atoms with Crippen LogP contribution >= 0.6 is 0 Å². The van der Waals surface area contributed by atoms with Crippen molar-refractivity contribution >= 4 is 5.69 Å². The third-order valence-corrected chi connectivity index (χ3v) is 4.82. The van der Waals surface area contributed by atoms with E-state index in [1.807, 2.05) is 7.05 Å². The first-order valence-corrected chi connectivity index (χ1v) is 7.72. The highest BCUT2D eigenvalue weighted by atomic mass is 15.2. The summed E-state index contributed by atoms with van der Waals surface area (Å²) < 4.78 is 0. The lowest BCUT2D eigenvalue weighted by molar-refractivity contribution is 0.391. The van der Waals surface area contributed by atoms with E-state index in [-0.39, 0.29) is 5.54 Å². The van der Waals surface area contributed by atoms with Crippen LogP contribution in [0.5, 0.6) is 0 Å². The lowest BCUT2D eigenvalue weighted by Crippen LogP contribution is -2.53. The summed E-state index contributed by atoms with van der Waals surface area (Å²) in [4.78, 5) is 2.43. The molecule has 0 bridgehead atoms. The Balaban J connectivity index is 1.88. The largest absolute Gasteiger partial charge is 0.368 e. The van der Waals surface area contributed by atoms with Gasteiger partial charge in [0.05, 0.1) is 6.07 Å². The van der Waals surface area contributed by atoms with Gasteiger partial charge in [0.1, 0.15) is 5.54 Å². The van der Waals surface area contributed by atoms with Gasteiger partial charge >= 0.3 is 0 Å². The summed E-state index contributed by atoms with van der Waals surface area (Å²) in [7, 11) is 1.94. The van der Waals surface area contributed by atoms with Crippen LogP contribution in [0, 0.1) is 17.2 Å². The van der Waals surface area contributed by atoms with Crippen LogP contribution in [0.4, 0.5) is 5.69 Å². The number of fused-ring (bicyclic) bond motifs is 1. The first-order valence-electron chi connectivity index (χ1n) is 7.72. The van der Waals surface area contributed by atoms with Gasteiger partial charge in [-0.3, -0.25) is 0 Å². The average molecular weight is 269 g/mol. The molecule has 1 atom stereocenters. The lowest BCUT2D eigenvalue weighted by atomic mass is 9.94. The number of nitriles is 1. The third kappa shape index (κ3) is 2.41. The van der Waals surface area contributed by atoms with Crippen molar-refractivity contribution in [2.45, 2.75) is 37.6 Å². The number of likely N-dealkylation sites (N-methyl/N-ethyl adjacent to an activating group) is 1. The number of hydrogen-bond acceptors (Lipinski definition) is 3. The molecule has 1 aliphatic carbocycles. The van der Waals surface area contributed by atoms with Crippen LogP contribution in [-0.2, 0) is 6.42 Å². The molecule has 3 nitrogen and oxygen atoms in total. The van der Waals surface area contributed by atoms with Crippen LogP contribution in [0.3, 0.4) is 0 Å². The SMILES string of the molecule is CNC(C#N)(CN1CCCCc2ccccc21)C1CC1. The minimum absolute atomic E-state index is 0.378. The highest BCUT2D eigenvalue weighted by Crippen LogP contribution is 2.40. The van der Waals surface area contributed by atoms with Crippen LogP contribution in [0.2, 0.25) is 0 Å². The first-order chi connectivity index (χ1) is 9.79. The molecule has 1 fully saturated rings. The third-order valence-electron chi connectivity index (χ3n) is 4.82. The van der Waals surface area contributed by atoms with Gasteiger partial charge in [-0.05, 0) is 56.7 Å². The van der Waals surface area contributed by atoms with Crippen molar-refractivity contribution in [1.29, 1.82) is 5.26 Å². The van der Waals surface area contributed by atoms with Gasteiger partial charge in [0.25, 0.3) is 0 Å². The number of anilines is 1. The Labute approximate surface area is 121 Å². The molecule has 3 rings (SSSR count). The molecule has 3 heteroatoms. The van der Waals surface area contributed by atoms with Gasteiger partial charge in [-0.2, -0.15) is 5.26 Å². The zero-order valence-electron chi connectivity index (χ0n) is 12.2. The molecule has 0 spiro atoms. The molecule has 1 unspecified atom stereocenters. The fraction of sp³-hybridized carbons (Fsp3) is 0.588. The molecule has 1 heterocycles. The highest BCUT2D eigenvalue weighted by molar-refractivity contribution is 5.55. The number of rotatable bonds is 4. The quantitative estimate of drug-likeness (QED) is 0.913. The Kier molecular flexibility index (Phi) is 3.67. The average Bonchev–Trinajstić information content (AvgIpc) is 3.33. The van der Waals surface area contributed by atoms with Gasteiger partial charge in [-0.25, -0.2) is 0 Å². The van der Waals surface area contributed by atoms with Crippen molar-refractivity contribution in [2.75, 3.05) is 25.0 Å². The smallest absolute Gasteiger partial charge is 0.126 e. The van der Waals surface area contributed by atoms with Crippen LogP contribution < -0.4 is 10.2 Å². The second-order valence-corrected chi connectivity index (χ2v) is 6.11. The van der Waals surface area contributed by atoms with E-state index in [4.69, 9.17) is 0 Å². The molecular weight excluding hydrogens is 246 g/mol. The normalized spacial score (nSPS) is 21.5. The second kappa shape index (κ2) is 5.46. The zero-order valence-corrected chi connectivity index (χ0v) is 12.2. The van der Waals surface area contributed by atoms with E-state index in [2.05, 4.69) is 40.6 Å². The Morgan fingerprint density at radius 3 is 2.85 bits per heavy atom. The summed E-state index contributed by atoms with van der Waals surface area (Å²) in [6.45, 7) is 1.87. The van der Waals surface area contributed by atoms with E-state index < -0.39 is 0 Å². The summed E-state index contributed by atoms with van der Waals surface area (Å²) in [5, 5.41) is 13.0. The molecule has 0 aromatic heterocycles. The molecule has 106 valence electrons. The molecule has 0 radical (unpaired) electrons. The van der Waals surface area contributed by atoms with Gasteiger partial charge in [0.2, 0.25) is 0 Å². The lowest BCUT2D eigenvalue weighted by Gasteiger charge is -2.35. The Bertz CT molecular complexity index is 515. The van der Waals surface area contributed by atoms with Crippen molar-refractivity contribution in [3.05, 3.63) is 29.8 Å². The van der Waals surface area contributed by atoms with E-state index in [0.29, 0.717) is 5.92 Å². The van der Waals surface area contributed by atoms with Crippen LogP contribution in [0.25, 0.3) is 0 Å². The maximum absolute atomic E-state index is 9.70. The Hall–Kier alpha value is -1.53. The van der Waals surface area contributed by atoms with E-state index in [1.165, 1.54) is 36.9 Å². The maximum atomic E-state index is 9.70. The summed E-state index contributed by atoms with van der Waals surface area (Å²) in [6, 6.07) is 11.3. The Morgan fingerprint density at radius 2 is 2.15 bits per heavy atom. The minimum Gasteiger partial charge on any atom is -0.368 e. The molecular formula is C17H23N3. The Morgan fingerprint density at radius 1 is 1.35 bits per heavy atom. The zero-order chi connectivity index (χ0) is 14.0. The van der Waals surface area contributed by atoms with E-state index >= 15 is 0 Å². The fourth-order valence-electron chi connectivity index (χ4n) is 3.41. The molecule has 0 amide bonds. The van der Waals surface area contributed by atoms with E-state index in [9.17, 15) is 5.26 Å². The molecule has 1 aliphatic heterocycles. The van der Waals surface area contributed by atoms with Crippen molar-refractivity contribution in [1.82, 2.24) is 5.32 Å². The van der Waals surface area contributed by atoms with Crippen LogP contribution in [-0.4, -0.2) is 25.7 Å². The topological polar surface area (TPSA) is 39.1 Å². The van der Waals surface area contributed by atoms with Crippen LogP contribution in [0.1, 0.15) is 31.2 Å². The summed E-state index contributed by atoms with van der Waals surface area (Å²) in [5.41, 5.74) is 2.39. The summed E-state index contributed by atoms with van der Waals surface area (Å²) >= 11 is 0. The molecule has 1 N–H and O–H groups in total. The van der Waals surface area contributed by atoms with Gasteiger partial charge in [0, 0.05) is 18.8 Å². The number of hydrogen-bond donors (Lipinski definition) is 1. The van der Waals surface area contributed by atoms with E-state index in [0.717, 1.165) is 19.5 Å². The number of nitrogens with zero attached hydrogens (tertiary/aromatic N) is 2. The van der Waals surface area contributed by atoms with E-state index in [1.54, 1.807) is 0 Å². The van der Waals surface area contributed by atoms with Crippen LogP contribution in [0.15, 0.2) is 24.3 Å². The van der Waals surface area contributed by atoms with Gasteiger partial charge < -0.3 is 10.2 Å². The van der Waals surface area contributed by atoms with Gasteiger partial charge in [-0.1, -0.05) is 18.2 Å². The number of benzene rings is 1. The van der Waals surface area contributed by atoms with Crippen molar-refractivity contribution < 1.29 is 0 Å². The molecule has 20 heavy (non-hydrogen) atoms. The minimum atomic E-state index is -0.378. The molecule has 0 saturated heterocycles. The molecule has 1 aromatic rings. The van der Waals surface area contributed by atoms with Crippen molar-refractivity contribution in [3.63, 3.8) is 0 Å². The van der Waals surface area contributed by atoms with Gasteiger partial charge in [-0.15, -0.1) is 0 Å². The number of aryl methyl sites for hydroxylation is 1. The fourth-order valence-corrected chi connectivity index (χ4v) is 3.41. The second-order valence-electron chi connectivity index (χ2n) is 6.11. The summed E-state index contributed by atoms with van der Waals surface area (Å²) in [6.07, 6.45) is 5.99. The first kappa shape index (κ1) is 13.5. The number of nitrogens with one attached hydrogen (secondary N) is 1. The predicted molar refractivity (Wildman–Crippen MR) is 81.7 cm³/mol. The summed E-state index contributed by atoms with van der Waals surface area (Å²) in [5.74, 6) is 0.521. The molecule has 1 saturated carbocycles. The maximum Gasteiger partial charge on any atom is 0.126 e. The van der Waals surface area contributed by atoms with Crippen molar-refractivity contribution in [3.8, 4) is 6.07 Å². The highest BCUT2D eigenvalue weighted by Gasteiger charge is 2.46.